The van der Waals surface area contributed by atoms with Crippen molar-refractivity contribution in [2.75, 3.05) is 12.4 Å². The van der Waals surface area contributed by atoms with Crippen molar-refractivity contribution in [1.82, 2.24) is 0 Å². The second-order valence-electron chi connectivity index (χ2n) is 4.06. The smallest absolute Gasteiger partial charge is 0.310 e. The van der Waals surface area contributed by atoms with Crippen LogP contribution in [0.2, 0.25) is 5.02 Å². The van der Waals surface area contributed by atoms with E-state index in [0.29, 0.717) is 5.69 Å². The zero-order valence-electron chi connectivity index (χ0n) is 9.35. The lowest BCUT2D eigenvalue weighted by molar-refractivity contribution is -0.383. The van der Waals surface area contributed by atoms with Gasteiger partial charge in [-0.25, -0.2) is 0 Å². The molecule has 1 aliphatic rings. The van der Waals surface area contributed by atoms with Gasteiger partial charge in [-0.3, -0.25) is 10.1 Å². The van der Waals surface area contributed by atoms with Gasteiger partial charge in [-0.2, -0.15) is 0 Å². The number of methoxy groups -OCH3 is 1. The summed E-state index contributed by atoms with van der Waals surface area (Å²) in [5, 5.41) is 14.2. The monoisotopic (exact) mass is 256 g/mol. The number of nitro groups is 1. The fourth-order valence-corrected chi connectivity index (χ4v) is 2.16. The van der Waals surface area contributed by atoms with Crippen LogP contribution in [-0.4, -0.2) is 24.2 Å². The minimum absolute atomic E-state index is 0.0602. The molecular weight excluding hydrogens is 244 g/mol. The van der Waals surface area contributed by atoms with Crippen molar-refractivity contribution in [2.24, 2.45) is 0 Å². The van der Waals surface area contributed by atoms with E-state index in [9.17, 15) is 10.1 Å². The Balaban J connectivity index is 2.11. The number of nitrogens with one attached hydrogen (secondary N) is 1. The van der Waals surface area contributed by atoms with Gasteiger partial charge in [0.1, 0.15) is 10.7 Å². The Morgan fingerprint density at radius 1 is 1.53 bits per heavy atom. The number of rotatable bonds is 4. The van der Waals surface area contributed by atoms with E-state index in [-0.39, 0.29) is 22.9 Å². The van der Waals surface area contributed by atoms with Gasteiger partial charge in [0.15, 0.2) is 0 Å². The van der Waals surface area contributed by atoms with Crippen LogP contribution in [0.1, 0.15) is 12.8 Å². The van der Waals surface area contributed by atoms with E-state index in [0.717, 1.165) is 12.8 Å². The highest BCUT2D eigenvalue weighted by Crippen LogP contribution is 2.35. The zero-order valence-corrected chi connectivity index (χ0v) is 10.1. The van der Waals surface area contributed by atoms with Crippen LogP contribution in [0, 0.1) is 10.1 Å². The molecule has 1 aromatic rings. The maximum atomic E-state index is 10.9. The van der Waals surface area contributed by atoms with Gasteiger partial charge in [-0.05, 0) is 25.0 Å². The summed E-state index contributed by atoms with van der Waals surface area (Å²) in [6.45, 7) is 0. The Morgan fingerprint density at radius 3 is 2.82 bits per heavy atom. The van der Waals surface area contributed by atoms with Crippen molar-refractivity contribution < 1.29 is 9.66 Å². The number of nitro benzene ring substituents is 1. The van der Waals surface area contributed by atoms with E-state index in [4.69, 9.17) is 16.3 Å². The number of anilines is 1. The van der Waals surface area contributed by atoms with Crippen molar-refractivity contribution >= 4 is 23.0 Å². The quantitative estimate of drug-likeness (QED) is 0.665. The number of hydrogen-bond donors (Lipinski definition) is 1. The van der Waals surface area contributed by atoms with Crippen LogP contribution >= 0.6 is 11.6 Å². The second-order valence-corrected chi connectivity index (χ2v) is 4.47. The highest BCUT2D eigenvalue weighted by molar-refractivity contribution is 6.33. The molecule has 0 amide bonds. The molecule has 0 radical (unpaired) electrons. The molecule has 2 rings (SSSR count). The van der Waals surface area contributed by atoms with Crippen LogP contribution in [0.15, 0.2) is 18.2 Å². The molecular formula is C11H13ClN2O3. The number of para-hydroxylation sites is 1. The summed E-state index contributed by atoms with van der Waals surface area (Å²) in [5.41, 5.74) is 0.414. The molecule has 0 aromatic heterocycles. The predicted octanol–water partition coefficient (Wildman–Crippen LogP) is 2.84. The third-order valence-electron chi connectivity index (χ3n) is 2.96. The first-order valence-electron chi connectivity index (χ1n) is 5.34. The van der Waals surface area contributed by atoms with Crippen LogP contribution < -0.4 is 5.32 Å². The fourth-order valence-electron chi connectivity index (χ4n) is 1.91. The van der Waals surface area contributed by atoms with Gasteiger partial charge >= 0.3 is 5.69 Å². The minimum atomic E-state index is -0.461. The number of ether oxygens (including phenoxy) is 1. The number of benzene rings is 1. The summed E-state index contributed by atoms with van der Waals surface area (Å²) in [5.74, 6) is 0. The number of hydrogen-bond acceptors (Lipinski definition) is 4. The highest BCUT2D eigenvalue weighted by Gasteiger charge is 2.30. The maximum Gasteiger partial charge on any atom is 0.310 e. The third kappa shape index (κ3) is 2.50. The molecule has 1 saturated carbocycles. The van der Waals surface area contributed by atoms with Crippen molar-refractivity contribution in [1.29, 1.82) is 0 Å². The van der Waals surface area contributed by atoms with Crippen molar-refractivity contribution in [2.45, 2.75) is 25.0 Å². The van der Waals surface area contributed by atoms with Crippen molar-refractivity contribution in [3.63, 3.8) is 0 Å². The number of halogens is 1. The summed E-state index contributed by atoms with van der Waals surface area (Å²) in [7, 11) is 1.67. The lowest BCUT2D eigenvalue weighted by Crippen LogP contribution is -2.40. The Morgan fingerprint density at radius 2 is 2.24 bits per heavy atom. The van der Waals surface area contributed by atoms with Gasteiger partial charge in [0.25, 0.3) is 0 Å². The second kappa shape index (κ2) is 4.89. The largest absolute Gasteiger partial charge is 0.381 e. The van der Waals surface area contributed by atoms with Gasteiger partial charge < -0.3 is 10.1 Å². The molecule has 0 unspecified atom stereocenters. The molecule has 0 heterocycles. The summed E-state index contributed by atoms with van der Waals surface area (Å²) in [6.07, 6.45) is 1.98. The van der Waals surface area contributed by atoms with Gasteiger partial charge in [-0.1, -0.05) is 17.7 Å². The highest BCUT2D eigenvalue weighted by atomic mass is 35.5. The summed E-state index contributed by atoms with van der Waals surface area (Å²) in [6, 6.07) is 5.11. The van der Waals surface area contributed by atoms with Crippen molar-refractivity contribution in [3.05, 3.63) is 33.3 Å². The summed E-state index contributed by atoms with van der Waals surface area (Å²) in [4.78, 5) is 10.4. The standard InChI is InChI=1S/C11H13ClN2O3/c1-17-8-5-7(6-8)13-10-4-2-3-9(12)11(10)14(15)16/h2-4,7-8,13H,5-6H2,1H3. The molecule has 0 atom stereocenters. The molecule has 5 nitrogen and oxygen atoms in total. The van der Waals surface area contributed by atoms with Gasteiger partial charge in [0.05, 0.1) is 11.0 Å². The lowest BCUT2D eigenvalue weighted by Gasteiger charge is -2.35. The minimum Gasteiger partial charge on any atom is -0.381 e. The Labute approximate surface area is 104 Å². The molecule has 17 heavy (non-hydrogen) atoms. The third-order valence-corrected chi connectivity index (χ3v) is 3.26. The Bertz CT molecular complexity index is 433. The average molecular weight is 257 g/mol. The molecule has 0 bridgehead atoms. The van der Waals surface area contributed by atoms with E-state index < -0.39 is 4.92 Å². The summed E-state index contributed by atoms with van der Waals surface area (Å²) < 4.78 is 5.16. The van der Waals surface area contributed by atoms with E-state index >= 15 is 0 Å². The summed E-state index contributed by atoms with van der Waals surface area (Å²) >= 11 is 5.82. The van der Waals surface area contributed by atoms with E-state index in [1.807, 2.05) is 0 Å². The van der Waals surface area contributed by atoms with Crippen LogP contribution in [0.3, 0.4) is 0 Å². The molecule has 0 saturated heterocycles. The van der Waals surface area contributed by atoms with Gasteiger partial charge in [0.2, 0.25) is 0 Å². The average Bonchev–Trinajstić information content (AvgIpc) is 2.22. The van der Waals surface area contributed by atoms with Gasteiger partial charge in [0, 0.05) is 13.2 Å². The fraction of sp³-hybridized carbons (Fsp3) is 0.455. The first kappa shape index (κ1) is 12.1. The van der Waals surface area contributed by atoms with E-state index in [1.54, 1.807) is 19.2 Å². The van der Waals surface area contributed by atoms with Gasteiger partial charge in [-0.15, -0.1) is 0 Å². The van der Waals surface area contributed by atoms with Crippen LogP contribution in [0.4, 0.5) is 11.4 Å². The zero-order chi connectivity index (χ0) is 12.4. The maximum absolute atomic E-state index is 10.9. The first-order valence-corrected chi connectivity index (χ1v) is 5.72. The first-order chi connectivity index (χ1) is 8.11. The van der Waals surface area contributed by atoms with Crippen molar-refractivity contribution in [3.8, 4) is 0 Å². The molecule has 1 aromatic carbocycles. The molecule has 92 valence electrons. The Hall–Kier alpha value is -1.33. The van der Waals surface area contributed by atoms with Crippen LogP contribution in [0.25, 0.3) is 0 Å². The van der Waals surface area contributed by atoms with Crippen LogP contribution in [0.5, 0.6) is 0 Å². The molecule has 0 aliphatic heterocycles. The molecule has 0 spiro atoms. The topological polar surface area (TPSA) is 64.4 Å². The molecule has 1 aliphatic carbocycles. The van der Waals surface area contributed by atoms with E-state index in [2.05, 4.69) is 5.32 Å². The SMILES string of the molecule is COC1CC(Nc2cccc(Cl)c2[N+](=O)[O-])C1. The molecule has 1 fully saturated rings. The molecule has 1 N–H and O–H groups in total. The predicted molar refractivity (Wildman–Crippen MR) is 65.5 cm³/mol. The number of nitrogens with zero attached hydrogens (tertiary/aromatic N) is 1. The van der Waals surface area contributed by atoms with Crippen LogP contribution in [-0.2, 0) is 4.74 Å². The normalized spacial score (nSPS) is 22.9. The Kier molecular flexibility index (Phi) is 3.49. The van der Waals surface area contributed by atoms with E-state index in [1.165, 1.54) is 6.07 Å². The lowest BCUT2D eigenvalue weighted by atomic mass is 9.89. The molecule has 6 heteroatoms.